The average Bonchev–Trinajstić information content (AvgIpc) is 2.29. The molecule has 0 aliphatic rings. The number of benzene rings is 1. The van der Waals surface area contributed by atoms with E-state index in [-0.39, 0.29) is 23.5 Å². The van der Waals surface area contributed by atoms with Crippen molar-refractivity contribution in [2.45, 2.75) is 46.6 Å². The van der Waals surface area contributed by atoms with E-state index in [9.17, 15) is 14.7 Å². The molecule has 116 valence electrons. The third kappa shape index (κ3) is 5.85. The van der Waals surface area contributed by atoms with Gasteiger partial charge in [-0.05, 0) is 42.5 Å². The molecule has 21 heavy (non-hydrogen) atoms. The highest BCUT2D eigenvalue weighted by Gasteiger charge is 2.23. The topological polar surface area (TPSA) is 86.6 Å². The molecule has 1 aromatic rings. The quantitative estimate of drug-likeness (QED) is 0.779. The molecule has 5 heteroatoms. The monoisotopic (exact) mass is 293 g/mol. The molecular formula is C16H23NO4. The van der Waals surface area contributed by atoms with Crippen molar-refractivity contribution in [3.63, 3.8) is 0 Å². The summed E-state index contributed by atoms with van der Waals surface area (Å²) in [6, 6.07) is 4.14. The van der Waals surface area contributed by atoms with Crippen LogP contribution in [0.5, 0.6) is 5.75 Å². The molecule has 0 radical (unpaired) electrons. The summed E-state index contributed by atoms with van der Waals surface area (Å²) < 4.78 is 0. The van der Waals surface area contributed by atoms with Crippen molar-refractivity contribution in [3.05, 3.63) is 29.3 Å². The van der Waals surface area contributed by atoms with Gasteiger partial charge in [-0.25, -0.2) is 0 Å². The van der Waals surface area contributed by atoms with Crippen LogP contribution in [0.2, 0.25) is 0 Å². The molecule has 0 aliphatic heterocycles. The van der Waals surface area contributed by atoms with Crippen LogP contribution in [0.4, 0.5) is 0 Å². The number of hydrogen-bond acceptors (Lipinski definition) is 3. The van der Waals surface area contributed by atoms with Gasteiger partial charge < -0.3 is 15.5 Å². The molecule has 5 nitrogen and oxygen atoms in total. The number of carbonyl (C=O) groups excluding carboxylic acids is 1. The number of nitrogens with one attached hydrogen (secondary N) is 1. The molecule has 0 aliphatic carbocycles. The van der Waals surface area contributed by atoms with Gasteiger partial charge >= 0.3 is 5.97 Å². The smallest absolute Gasteiger partial charge is 0.305 e. The number of hydrogen-bond donors (Lipinski definition) is 3. The average molecular weight is 293 g/mol. The highest BCUT2D eigenvalue weighted by atomic mass is 16.4. The second kappa shape index (κ2) is 6.61. The third-order valence-corrected chi connectivity index (χ3v) is 3.07. The van der Waals surface area contributed by atoms with Crippen LogP contribution >= 0.6 is 0 Å². The number of aryl methyl sites for hydroxylation is 1. The molecule has 1 aromatic carbocycles. The first-order chi connectivity index (χ1) is 9.58. The van der Waals surface area contributed by atoms with Gasteiger partial charge in [0.1, 0.15) is 5.75 Å². The fraction of sp³-hybridized carbons (Fsp3) is 0.500. The van der Waals surface area contributed by atoms with Crippen molar-refractivity contribution in [2.24, 2.45) is 5.41 Å². The fourth-order valence-corrected chi connectivity index (χ4v) is 2.19. The van der Waals surface area contributed by atoms with E-state index in [1.54, 1.807) is 13.0 Å². The molecule has 0 saturated carbocycles. The Labute approximate surface area is 125 Å². The molecule has 1 amide bonds. The highest BCUT2D eigenvalue weighted by Crippen LogP contribution is 2.23. The predicted molar refractivity (Wildman–Crippen MR) is 80.4 cm³/mol. The number of carboxylic acids is 1. The molecule has 0 fully saturated rings. The summed E-state index contributed by atoms with van der Waals surface area (Å²) in [7, 11) is 0. The summed E-state index contributed by atoms with van der Waals surface area (Å²) in [6.07, 6.45) is 0.460. The zero-order valence-electron chi connectivity index (χ0n) is 12.9. The lowest BCUT2D eigenvalue weighted by molar-refractivity contribution is -0.137. The number of aliphatic carboxylic acids is 1. The molecule has 1 atom stereocenters. The van der Waals surface area contributed by atoms with Crippen molar-refractivity contribution < 1.29 is 19.8 Å². The Morgan fingerprint density at radius 2 is 1.90 bits per heavy atom. The maximum atomic E-state index is 12.2. The first-order valence-corrected chi connectivity index (χ1v) is 6.91. The molecule has 0 spiro atoms. The van der Waals surface area contributed by atoms with Crippen LogP contribution in [0.25, 0.3) is 0 Å². The number of carbonyl (C=O) groups is 2. The van der Waals surface area contributed by atoms with E-state index in [4.69, 9.17) is 5.11 Å². The summed E-state index contributed by atoms with van der Waals surface area (Å²) in [5.74, 6) is -1.14. The Kier molecular flexibility index (Phi) is 5.35. The van der Waals surface area contributed by atoms with Gasteiger partial charge in [0.15, 0.2) is 0 Å². The summed E-state index contributed by atoms with van der Waals surface area (Å²) in [4.78, 5) is 23.1. The highest BCUT2D eigenvalue weighted by molar-refractivity contribution is 5.95. The number of amides is 1. The van der Waals surface area contributed by atoms with Crippen molar-refractivity contribution in [1.82, 2.24) is 5.32 Å². The third-order valence-electron chi connectivity index (χ3n) is 3.07. The largest absolute Gasteiger partial charge is 0.508 e. The zero-order chi connectivity index (χ0) is 16.2. The van der Waals surface area contributed by atoms with Gasteiger partial charge in [-0.3, -0.25) is 9.59 Å². The maximum Gasteiger partial charge on any atom is 0.305 e. The lowest BCUT2D eigenvalue weighted by Gasteiger charge is -2.26. The summed E-state index contributed by atoms with van der Waals surface area (Å²) >= 11 is 0. The number of rotatable bonds is 5. The van der Waals surface area contributed by atoms with Gasteiger partial charge in [0.05, 0.1) is 6.42 Å². The molecule has 0 bridgehead atoms. The van der Waals surface area contributed by atoms with Gasteiger partial charge in [-0.2, -0.15) is 0 Å². The minimum absolute atomic E-state index is 0.0851. The van der Waals surface area contributed by atoms with E-state index in [1.807, 2.05) is 20.8 Å². The second-order valence-corrected chi connectivity index (χ2v) is 6.53. The molecule has 0 aromatic heterocycles. The molecule has 1 rings (SSSR count). The van der Waals surface area contributed by atoms with Gasteiger partial charge in [0.2, 0.25) is 0 Å². The summed E-state index contributed by atoms with van der Waals surface area (Å²) in [5, 5.41) is 21.2. The lowest BCUT2D eigenvalue weighted by atomic mass is 9.87. The van der Waals surface area contributed by atoms with Gasteiger partial charge in [0, 0.05) is 11.6 Å². The number of phenolic OH excluding ortho intramolecular Hbond substituents is 1. The van der Waals surface area contributed by atoms with Crippen molar-refractivity contribution in [1.29, 1.82) is 0 Å². The van der Waals surface area contributed by atoms with E-state index in [0.717, 1.165) is 0 Å². The van der Waals surface area contributed by atoms with E-state index in [0.29, 0.717) is 17.5 Å². The van der Waals surface area contributed by atoms with Crippen LogP contribution in [0.3, 0.4) is 0 Å². The van der Waals surface area contributed by atoms with Crippen molar-refractivity contribution >= 4 is 11.9 Å². The standard InChI is InChI=1S/C16H23NO4/c1-10-7-11(5-6-13(10)18)15(21)17-12(8-14(19)20)9-16(2,3)4/h5-7,12,18H,8-9H2,1-4H3,(H,17,21)(H,19,20). The van der Waals surface area contributed by atoms with Gasteiger partial charge in [0.25, 0.3) is 5.91 Å². The second-order valence-electron chi connectivity index (χ2n) is 6.53. The van der Waals surface area contributed by atoms with Crippen LogP contribution in [0.1, 0.15) is 49.5 Å². The molecule has 3 N–H and O–H groups in total. The van der Waals surface area contributed by atoms with Gasteiger partial charge in [-0.15, -0.1) is 0 Å². The van der Waals surface area contributed by atoms with E-state index < -0.39 is 12.0 Å². The van der Waals surface area contributed by atoms with Crippen molar-refractivity contribution in [3.8, 4) is 5.75 Å². The molecule has 0 saturated heterocycles. The molecule has 0 heterocycles. The van der Waals surface area contributed by atoms with Crippen LogP contribution in [0.15, 0.2) is 18.2 Å². The summed E-state index contributed by atoms with van der Waals surface area (Å²) in [5.41, 5.74) is 0.931. The maximum absolute atomic E-state index is 12.2. The first kappa shape index (κ1) is 17.0. The van der Waals surface area contributed by atoms with E-state index in [1.165, 1.54) is 12.1 Å². The van der Waals surface area contributed by atoms with E-state index >= 15 is 0 Å². The Hall–Kier alpha value is -2.04. The van der Waals surface area contributed by atoms with Gasteiger partial charge in [-0.1, -0.05) is 20.8 Å². The van der Waals surface area contributed by atoms with Crippen molar-refractivity contribution in [2.75, 3.05) is 0 Å². The number of aromatic hydroxyl groups is 1. The molecular weight excluding hydrogens is 270 g/mol. The Morgan fingerprint density at radius 1 is 1.29 bits per heavy atom. The number of carboxylic acid groups (broad SMARTS) is 1. The van der Waals surface area contributed by atoms with Crippen LogP contribution in [-0.4, -0.2) is 28.1 Å². The van der Waals surface area contributed by atoms with Crippen LogP contribution < -0.4 is 5.32 Å². The Morgan fingerprint density at radius 3 is 2.38 bits per heavy atom. The molecule has 1 unspecified atom stereocenters. The predicted octanol–water partition coefficient (Wildman–Crippen LogP) is 2.71. The first-order valence-electron chi connectivity index (χ1n) is 6.91. The summed E-state index contributed by atoms with van der Waals surface area (Å²) in [6.45, 7) is 7.70. The minimum Gasteiger partial charge on any atom is -0.508 e. The zero-order valence-corrected chi connectivity index (χ0v) is 12.9. The van der Waals surface area contributed by atoms with Crippen LogP contribution in [0, 0.1) is 12.3 Å². The normalized spacial score (nSPS) is 12.8. The Bertz CT molecular complexity index is 532. The Balaban J connectivity index is 2.83. The SMILES string of the molecule is Cc1cc(C(=O)NC(CC(=O)O)CC(C)(C)C)ccc1O. The minimum atomic E-state index is -0.938. The lowest BCUT2D eigenvalue weighted by Crippen LogP contribution is -2.39. The fourth-order valence-electron chi connectivity index (χ4n) is 2.19. The van der Waals surface area contributed by atoms with Crippen LogP contribution in [-0.2, 0) is 4.79 Å². The number of phenols is 1. The van der Waals surface area contributed by atoms with E-state index in [2.05, 4.69) is 5.32 Å².